The molecule has 1 aliphatic carbocycles. The van der Waals surface area contributed by atoms with Crippen LogP contribution in [0.1, 0.15) is 24.8 Å². The smallest absolute Gasteiger partial charge is 0.133 e. The highest BCUT2D eigenvalue weighted by atomic mass is 19.1. The van der Waals surface area contributed by atoms with Crippen molar-refractivity contribution in [1.82, 2.24) is 0 Å². The van der Waals surface area contributed by atoms with Crippen molar-refractivity contribution in [3.05, 3.63) is 29.3 Å². The molecular formula is C12H15F2NO. The van der Waals surface area contributed by atoms with Crippen LogP contribution in [0, 0.1) is 11.6 Å². The largest absolute Gasteiger partial charge is 0.497 e. The summed E-state index contributed by atoms with van der Waals surface area (Å²) in [5.74, 6) is -0.840. The van der Waals surface area contributed by atoms with E-state index in [0.717, 1.165) is 12.8 Å². The van der Waals surface area contributed by atoms with Crippen LogP contribution in [-0.2, 0) is 5.41 Å². The van der Waals surface area contributed by atoms with Gasteiger partial charge in [-0.15, -0.1) is 0 Å². The summed E-state index contributed by atoms with van der Waals surface area (Å²) >= 11 is 0. The molecule has 0 bridgehead atoms. The fraction of sp³-hybridized carbons (Fsp3) is 0.500. The minimum atomic E-state index is -0.525. The van der Waals surface area contributed by atoms with Crippen molar-refractivity contribution in [1.29, 1.82) is 0 Å². The van der Waals surface area contributed by atoms with Gasteiger partial charge in [-0.3, -0.25) is 0 Å². The van der Waals surface area contributed by atoms with Gasteiger partial charge in [0.1, 0.15) is 17.4 Å². The predicted molar refractivity (Wildman–Crippen MR) is 57.5 cm³/mol. The maximum Gasteiger partial charge on any atom is 0.133 e. The first-order valence-electron chi connectivity index (χ1n) is 5.36. The van der Waals surface area contributed by atoms with Crippen molar-refractivity contribution in [2.24, 2.45) is 5.73 Å². The van der Waals surface area contributed by atoms with E-state index in [1.165, 1.54) is 19.2 Å². The number of nitrogens with two attached hydrogens (primary N) is 1. The third kappa shape index (κ3) is 1.78. The van der Waals surface area contributed by atoms with E-state index in [4.69, 9.17) is 10.5 Å². The van der Waals surface area contributed by atoms with E-state index in [1.54, 1.807) is 0 Å². The second-order valence-corrected chi connectivity index (χ2v) is 4.29. The minimum Gasteiger partial charge on any atom is -0.497 e. The molecule has 1 aliphatic rings. The molecule has 0 heterocycles. The van der Waals surface area contributed by atoms with Gasteiger partial charge in [-0.2, -0.15) is 0 Å². The minimum absolute atomic E-state index is 0.179. The van der Waals surface area contributed by atoms with Crippen LogP contribution in [0.25, 0.3) is 0 Å². The molecule has 2 rings (SSSR count). The maximum atomic E-state index is 13.8. The maximum absolute atomic E-state index is 13.8. The van der Waals surface area contributed by atoms with Crippen LogP contribution in [0.3, 0.4) is 0 Å². The van der Waals surface area contributed by atoms with Gasteiger partial charge in [0.05, 0.1) is 7.11 Å². The van der Waals surface area contributed by atoms with Crippen molar-refractivity contribution in [3.63, 3.8) is 0 Å². The van der Waals surface area contributed by atoms with Crippen LogP contribution >= 0.6 is 0 Å². The monoisotopic (exact) mass is 227 g/mol. The van der Waals surface area contributed by atoms with E-state index in [1.807, 2.05) is 0 Å². The number of rotatable bonds is 4. The quantitative estimate of drug-likeness (QED) is 0.857. The normalized spacial score (nSPS) is 17.2. The second kappa shape index (κ2) is 4.01. The summed E-state index contributed by atoms with van der Waals surface area (Å²) in [5, 5.41) is 0. The summed E-state index contributed by atoms with van der Waals surface area (Å²) in [6.45, 7) is 0.449. The van der Waals surface area contributed by atoms with Crippen LogP contribution in [0.5, 0.6) is 5.75 Å². The summed E-state index contributed by atoms with van der Waals surface area (Å²) in [6, 6.07) is 2.46. The van der Waals surface area contributed by atoms with Crippen LogP contribution < -0.4 is 10.5 Å². The Balaban J connectivity index is 2.41. The number of hydrogen-bond acceptors (Lipinski definition) is 2. The molecule has 0 radical (unpaired) electrons. The Morgan fingerprint density at radius 1 is 1.31 bits per heavy atom. The number of ether oxygens (including phenoxy) is 1. The predicted octanol–water partition coefficient (Wildman–Crippen LogP) is 2.35. The van der Waals surface area contributed by atoms with Crippen molar-refractivity contribution >= 4 is 0 Å². The molecule has 0 saturated heterocycles. The SMILES string of the molecule is COc1cc(F)c(C2(CCN)CC2)c(F)c1. The van der Waals surface area contributed by atoms with Gasteiger partial charge in [-0.1, -0.05) is 0 Å². The summed E-state index contributed by atoms with van der Waals surface area (Å²) < 4.78 is 32.4. The third-order valence-corrected chi connectivity index (χ3v) is 3.26. The first kappa shape index (κ1) is 11.3. The topological polar surface area (TPSA) is 35.2 Å². The van der Waals surface area contributed by atoms with Crippen LogP contribution in [0.15, 0.2) is 12.1 Å². The summed E-state index contributed by atoms with van der Waals surface area (Å²) in [7, 11) is 1.39. The fourth-order valence-corrected chi connectivity index (χ4v) is 2.23. The van der Waals surface area contributed by atoms with E-state index in [-0.39, 0.29) is 16.7 Å². The highest BCUT2D eigenvalue weighted by molar-refractivity contribution is 5.38. The lowest BCUT2D eigenvalue weighted by molar-refractivity contribution is 0.402. The molecule has 0 atom stereocenters. The average molecular weight is 227 g/mol. The lowest BCUT2D eigenvalue weighted by atomic mass is 9.91. The standard InChI is InChI=1S/C12H15F2NO/c1-16-8-6-9(13)11(10(14)7-8)12(2-3-12)4-5-15/h6-7H,2-5,15H2,1H3. The molecule has 0 spiro atoms. The average Bonchev–Trinajstić information content (AvgIpc) is 2.98. The van der Waals surface area contributed by atoms with Gasteiger partial charge in [0.15, 0.2) is 0 Å². The highest BCUT2D eigenvalue weighted by Crippen LogP contribution is 2.52. The Hall–Kier alpha value is -1.16. The first-order chi connectivity index (χ1) is 7.63. The lowest BCUT2D eigenvalue weighted by Gasteiger charge is -2.17. The number of hydrogen-bond donors (Lipinski definition) is 1. The summed E-state index contributed by atoms with van der Waals surface area (Å²) in [5.41, 5.74) is 5.29. The van der Waals surface area contributed by atoms with Gasteiger partial charge in [0.25, 0.3) is 0 Å². The molecule has 88 valence electrons. The van der Waals surface area contributed by atoms with Gasteiger partial charge in [-0.05, 0) is 25.8 Å². The molecule has 4 heteroatoms. The molecule has 1 fully saturated rings. The van der Waals surface area contributed by atoms with E-state index < -0.39 is 11.6 Å². The van der Waals surface area contributed by atoms with Crippen LogP contribution in [-0.4, -0.2) is 13.7 Å². The van der Waals surface area contributed by atoms with Crippen LogP contribution in [0.4, 0.5) is 8.78 Å². The Kier molecular flexibility index (Phi) is 2.84. The molecule has 0 unspecified atom stereocenters. The van der Waals surface area contributed by atoms with Gasteiger partial charge < -0.3 is 10.5 Å². The Morgan fingerprint density at radius 2 is 1.88 bits per heavy atom. The second-order valence-electron chi connectivity index (χ2n) is 4.29. The van der Waals surface area contributed by atoms with E-state index in [0.29, 0.717) is 13.0 Å². The molecule has 2 N–H and O–H groups in total. The van der Waals surface area contributed by atoms with E-state index in [9.17, 15) is 8.78 Å². The summed E-state index contributed by atoms with van der Waals surface area (Å²) in [4.78, 5) is 0. The Morgan fingerprint density at radius 3 is 2.25 bits per heavy atom. The van der Waals surface area contributed by atoms with Crippen molar-refractivity contribution in [3.8, 4) is 5.75 Å². The zero-order valence-corrected chi connectivity index (χ0v) is 9.22. The zero-order valence-electron chi connectivity index (χ0n) is 9.22. The molecule has 0 amide bonds. The highest BCUT2D eigenvalue weighted by Gasteiger charge is 2.47. The summed E-state index contributed by atoms with van der Waals surface area (Å²) in [6.07, 6.45) is 2.25. The molecule has 0 aliphatic heterocycles. The number of benzene rings is 1. The Bertz CT molecular complexity index is 379. The number of methoxy groups -OCH3 is 1. The first-order valence-corrected chi connectivity index (χ1v) is 5.36. The van der Waals surface area contributed by atoms with Gasteiger partial charge in [-0.25, -0.2) is 8.78 Å². The fourth-order valence-electron chi connectivity index (χ4n) is 2.23. The van der Waals surface area contributed by atoms with E-state index in [2.05, 4.69) is 0 Å². The molecule has 0 aromatic heterocycles. The molecule has 1 saturated carbocycles. The number of halogens is 2. The van der Waals surface area contributed by atoms with Gasteiger partial charge in [0.2, 0.25) is 0 Å². The lowest BCUT2D eigenvalue weighted by Crippen LogP contribution is -2.17. The third-order valence-electron chi connectivity index (χ3n) is 3.26. The molecule has 1 aromatic rings. The molecule has 2 nitrogen and oxygen atoms in total. The van der Waals surface area contributed by atoms with Crippen molar-refractivity contribution in [2.45, 2.75) is 24.7 Å². The Labute approximate surface area is 93.4 Å². The molecule has 1 aromatic carbocycles. The molecular weight excluding hydrogens is 212 g/mol. The van der Waals surface area contributed by atoms with E-state index >= 15 is 0 Å². The van der Waals surface area contributed by atoms with Gasteiger partial charge >= 0.3 is 0 Å². The van der Waals surface area contributed by atoms with Crippen LogP contribution in [0.2, 0.25) is 0 Å². The van der Waals surface area contributed by atoms with Crippen molar-refractivity contribution in [2.75, 3.05) is 13.7 Å². The molecule has 16 heavy (non-hydrogen) atoms. The van der Waals surface area contributed by atoms with Crippen molar-refractivity contribution < 1.29 is 13.5 Å². The zero-order chi connectivity index (χ0) is 11.8. The van der Waals surface area contributed by atoms with Gasteiger partial charge in [0, 0.05) is 23.1 Å².